The lowest BCUT2D eigenvalue weighted by atomic mass is 10.0. The number of nitrogens with one attached hydrogen (secondary N) is 1. The first-order chi connectivity index (χ1) is 9.67. The summed E-state index contributed by atoms with van der Waals surface area (Å²) in [5, 5.41) is 7.85. The lowest BCUT2D eigenvalue weighted by Crippen LogP contribution is -2.24. The maximum atomic E-state index is 4.32. The molecule has 20 heavy (non-hydrogen) atoms. The summed E-state index contributed by atoms with van der Waals surface area (Å²) in [6.07, 6.45) is 1.85. The van der Waals surface area contributed by atoms with E-state index in [1.807, 2.05) is 29.7 Å². The van der Waals surface area contributed by atoms with E-state index < -0.39 is 0 Å². The van der Waals surface area contributed by atoms with Crippen molar-refractivity contribution in [3.63, 3.8) is 0 Å². The van der Waals surface area contributed by atoms with Gasteiger partial charge in [-0.2, -0.15) is 5.10 Å². The number of hydrogen-bond acceptors (Lipinski definition) is 3. The summed E-state index contributed by atoms with van der Waals surface area (Å²) in [6.45, 7) is 5.21. The summed E-state index contributed by atoms with van der Waals surface area (Å²) in [5.41, 5.74) is 2.42. The SMILES string of the molecule is CCNC(c1ccc(SCC)cc1)c1c(Br)cnn1C. The summed E-state index contributed by atoms with van der Waals surface area (Å²) in [5.74, 6) is 1.10. The molecule has 1 heterocycles. The number of hydrogen-bond donors (Lipinski definition) is 1. The van der Waals surface area contributed by atoms with Gasteiger partial charge in [-0.25, -0.2) is 0 Å². The number of aromatic nitrogens is 2. The second kappa shape index (κ2) is 7.29. The molecule has 1 aromatic carbocycles. The van der Waals surface area contributed by atoms with Crippen LogP contribution in [0.25, 0.3) is 0 Å². The van der Waals surface area contributed by atoms with Gasteiger partial charge in [0, 0.05) is 11.9 Å². The van der Waals surface area contributed by atoms with E-state index in [1.165, 1.54) is 10.5 Å². The molecule has 1 unspecified atom stereocenters. The molecule has 0 aliphatic heterocycles. The third-order valence-corrected chi connectivity index (χ3v) is 4.65. The quantitative estimate of drug-likeness (QED) is 0.796. The first-order valence-corrected chi connectivity index (χ1v) is 8.58. The number of nitrogens with zero attached hydrogens (tertiary/aromatic N) is 2. The molecule has 1 N–H and O–H groups in total. The van der Waals surface area contributed by atoms with Crippen LogP contribution < -0.4 is 5.32 Å². The molecule has 0 aliphatic carbocycles. The maximum Gasteiger partial charge on any atom is 0.0759 e. The van der Waals surface area contributed by atoms with Gasteiger partial charge in [0.15, 0.2) is 0 Å². The largest absolute Gasteiger partial charge is 0.305 e. The second-order valence-corrected chi connectivity index (χ2v) is 6.69. The van der Waals surface area contributed by atoms with Crippen molar-refractivity contribution < 1.29 is 0 Å². The Hall–Kier alpha value is -0.780. The van der Waals surface area contributed by atoms with Gasteiger partial charge in [-0.3, -0.25) is 4.68 Å². The van der Waals surface area contributed by atoms with E-state index in [2.05, 4.69) is 64.5 Å². The number of benzene rings is 1. The number of thioether (sulfide) groups is 1. The van der Waals surface area contributed by atoms with E-state index >= 15 is 0 Å². The van der Waals surface area contributed by atoms with Gasteiger partial charge >= 0.3 is 0 Å². The second-order valence-electron chi connectivity index (χ2n) is 4.49. The highest BCUT2D eigenvalue weighted by Gasteiger charge is 2.19. The van der Waals surface area contributed by atoms with Gasteiger partial charge in [-0.1, -0.05) is 26.0 Å². The summed E-state index contributed by atoms with van der Waals surface area (Å²) in [7, 11) is 1.98. The van der Waals surface area contributed by atoms with Gasteiger partial charge in [0.2, 0.25) is 0 Å². The Morgan fingerprint density at radius 3 is 2.50 bits per heavy atom. The molecule has 0 radical (unpaired) electrons. The fourth-order valence-corrected chi connectivity index (χ4v) is 3.48. The molecule has 5 heteroatoms. The fourth-order valence-electron chi connectivity index (χ4n) is 2.24. The van der Waals surface area contributed by atoms with Crippen molar-refractivity contribution in [1.29, 1.82) is 0 Å². The van der Waals surface area contributed by atoms with E-state index in [0.717, 1.165) is 22.5 Å². The normalized spacial score (nSPS) is 12.6. The highest BCUT2D eigenvalue weighted by atomic mass is 79.9. The van der Waals surface area contributed by atoms with E-state index in [0.29, 0.717) is 0 Å². The molecule has 0 spiro atoms. The maximum absolute atomic E-state index is 4.32. The van der Waals surface area contributed by atoms with E-state index in [1.54, 1.807) is 0 Å². The van der Waals surface area contributed by atoms with E-state index in [-0.39, 0.29) is 6.04 Å². The minimum atomic E-state index is 0.155. The van der Waals surface area contributed by atoms with Crippen molar-refractivity contribution in [3.8, 4) is 0 Å². The fraction of sp³-hybridized carbons (Fsp3) is 0.400. The molecule has 0 aliphatic rings. The summed E-state index contributed by atoms with van der Waals surface area (Å²) < 4.78 is 2.96. The minimum absolute atomic E-state index is 0.155. The molecule has 2 rings (SSSR count). The van der Waals surface area contributed by atoms with Crippen molar-refractivity contribution >= 4 is 27.7 Å². The zero-order chi connectivity index (χ0) is 14.5. The topological polar surface area (TPSA) is 29.9 Å². The van der Waals surface area contributed by atoms with Crippen molar-refractivity contribution in [2.24, 2.45) is 7.05 Å². The predicted octanol–water partition coefficient (Wildman–Crippen LogP) is 3.99. The highest BCUT2D eigenvalue weighted by molar-refractivity contribution is 9.10. The molecule has 0 saturated carbocycles. The Kier molecular flexibility index (Phi) is 5.69. The van der Waals surface area contributed by atoms with Crippen LogP contribution in [0.2, 0.25) is 0 Å². The van der Waals surface area contributed by atoms with Crippen LogP contribution in [0.5, 0.6) is 0 Å². The number of aryl methyl sites for hydroxylation is 1. The van der Waals surface area contributed by atoms with Crippen LogP contribution in [0.15, 0.2) is 39.8 Å². The van der Waals surface area contributed by atoms with Crippen LogP contribution in [-0.4, -0.2) is 22.1 Å². The van der Waals surface area contributed by atoms with Crippen LogP contribution in [0.4, 0.5) is 0 Å². The lowest BCUT2D eigenvalue weighted by Gasteiger charge is -2.19. The molecular weight excluding hydrogens is 334 g/mol. The Balaban J connectivity index is 2.33. The Bertz CT molecular complexity index is 531. The standard InChI is InChI=1S/C15H20BrN3S/c1-4-17-14(15-13(16)10-18-19(15)3)11-6-8-12(9-7-11)20-5-2/h6-10,14,17H,4-5H2,1-3H3. The van der Waals surface area contributed by atoms with Gasteiger partial charge < -0.3 is 5.32 Å². The van der Waals surface area contributed by atoms with Gasteiger partial charge in [-0.05, 0) is 45.9 Å². The molecule has 108 valence electrons. The van der Waals surface area contributed by atoms with Crippen LogP contribution in [0.1, 0.15) is 31.1 Å². The van der Waals surface area contributed by atoms with Crippen molar-refractivity contribution in [3.05, 3.63) is 46.2 Å². The first-order valence-electron chi connectivity index (χ1n) is 6.80. The highest BCUT2D eigenvalue weighted by Crippen LogP contribution is 2.29. The average molecular weight is 354 g/mol. The van der Waals surface area contributed by atoms with Crippen LogP contribution >= 0.6 is 27.7 Å². The molecule has 0 fully saturated rings. The molecular formula is C15H20BrN3S. The van der Waals surface area contributed by atoms with E-state index in [9.17, 15) is 0 Å². The van der Waals surface area contributed by atoms with Gasteiger partial charge in [0.25, 0.3) is 0 Å². The zero-order valence-electron chi connectivity index (χ0n) is 12.1. The summed E-state index contributed by atoms with van der Waals surface area (Å²) in [4.78, 5) is 1.32. The Morgan fingerprint density at radius 2 is 2.00 bits per heavy atom. The lowest BCUT2D eigenvalue weighted by molar-refractivity contribution is 0.570. The number of rotatable bonds is 6. The number of halogens is 1. The summed E-state index contributed by atoms with van der Waals surface area (Å²) >= 11 is 5.46. The monoisotopic (exact) mass is 353 g/mol. The van der Waals surface area contributed by atoms with Crippen LogP contribution in [-0.2, 0) is 7.05 Å². The van der Waals surface area contributed by atoms with Gasteiger partial charge in [-0.15, -0.1) is 11.8 Å². The van der Waals surface area contributed by atoms with Crippen molar-refractivity contribution in [1.82, 2.24) is 15.1 Å². The molecule has 0 bridgehead atoms. The minimum Gasteiger partial charge on any atom is -0.305 e. The van der Waals surface area contributed by atoms with Crippen molar-refractivity contribution in [2.75, 3.05) is 12.3 Å². The molecule has 1 aromatic heterocycles. The smallest absolute Gasteiger partial charge is 0.0759 e. The average Bonchev–Trinajstić information content (AvgIpc) is 2.77. The Labute approximate surface area is 133 Å². The molecule has 2 aromatic rings. The molecule has 3 nitrogen and oxygen atoms in total. The van der Waals surface area contributed by atoms with E-state index in [4.69, 9.17) is 0 Å². The zero-order valence-corrected chi connectivity index (χ0v) is 14.5. The third-order valence-electron chi connectivity index (χ3n) is 3.14. The van der Waals surface area contributed by atoms with Crippen LogP contribution in [0, 0.1) is 0 Å². The predicted molar refractivity (Wildman–Crippen MR) is 89.3 cm³/mol. The first kappa shape index (κ1) is 15.6. The van der Waals surface area contributed by atoms with Crippen LogP contribution in [0.3, 0.4) is 0 Å². The molecule has 1 atom stereocenters. The van der Waals surface area contributed by atoms with Crippen molar-refractivity contribution in [2.45, 2.75) is 24.8 Å². The molecule has 0 amide bonds. The Morgan fingerprint density at radius 1 is 1.30 bits per heavy atom. The third kappa shape index (κ3) is 3.45. The molecule has 0 saturated heterocycles. The van der Waals surface area contributed by atoms with Gasteiger partial charge in [0.05, 0.1) is 22.4 Å². The summed E-state index contributed by atoms with van der Waals surface area (Å²) in [6, 6.07) is 8.94. The van der Waals surface area contributed by atoms with Gasteiger partial charge in [0.1, 0.15) is 0 Å².